The van der Waals surface area contributed by atoms with Gasteiger partial charge in [0.25, 0.3) is 0 Å². The Bertz CT molecular complexity index is 917. The van der Waals surface area contributed by atoms with Gasteiger partial charge in [0.1, 0.15) is 23.1 Å². The Hall–Kier alpha value is -2.39. The van der Waals surface area contributed by atoms with Crippen molar-refractivity contribution in [3.63, 3.8) is 0 Å². The zero-order chi connectivity index (χ0) is 16.7. The van der Waals surface area contributed by atoms with Crippen molar-refractivity contribution >= 4 is 22.1 Å². The fourth-order valence-corrected chi connectivity index (χ4v) is 4.09. The van der Waals surface area contributed by atoms with E-state index in [4.69, 9.17) is 5.26 Å². The number of H-pyrrole nitrogens is 1. The number of hydrogen-bond acceptors (Lipinski definition) is 4. The first-order valence-electron chi connectivity index (χ1n) is 8.58. The fourth-order valence-electron chi connectivity index (χ4n) is 4.09. The molecule has 0 aliphatic heterocycles. The predicted octanol–water partition coefficient (Wildman–Crippen LogP) is 3.61. The van der Waals surface area contributed by atoms with Crippen LogP contribution in [-0.4, -0.2) is 24.6 Å². The van der Waals surface area contributed by atoms with E-state index >= 15 is 0 Å². The van der Waals surface area contributed by atoms with Gasteiger partial charge in [0.2, 0.25) is 0 Å². The molecule has 0 aromatic carbocycles. The number of nitrogens with zero attached hydrogens (tertiary/aromatic N) is 4. The number of rotatable bonds is 4. The standard InChI is InChI=1S/C18H21N5O/c1-11(24)18-22-15-10-21-17-14(6-8-20-17)16(15)23(18)13-5-4-12(9-13)3-2-7-19/h6,8,10-13,24H,2-5,9H2,1H3,(H,20,21). The summed E-state index contributed by atoms with van der Waals surface area (Å²) >= 11 is 0. The number of aliphatic hydroxyl groups is 1. The molecule has 0 bridgehead atoms. The van der Waals surface area contributed by atoms with Crippen molar-refractivity contribution in [2.75, 3.05) is 0 Å². The van der Waals surface area contributed by atoms with Crippen LogP contribution < -0.4 is 0 Å². The monoisotopic (exact) mass is 323 g/mol. The SMILES string of the molecule is CC(O)c1nc2cnc3[nH]ccc3c2n1C1CCC(CCC#N)C1. The minimum Gasteiger partial charge on any atom is -0.385 e. The summed E-state index contributed by atoms with van der Waals surface area (Å²) < 4.78 is 2.23. The maximum absolute atomic E-state index is 10.2. The molecule has 1 saturated carbocycles. The van der Waals surface area contributed by atoms with Crippen molar-refractivity contribution in [3.05, 3.63) is 24.3 Å². The van der Waals surface area contributed by atoms with Gasteiger partial charge in [-0.2, -0.15) is 5.26 Å². The number of nitriles is 1. The van der Waals surface area contributed by atoms with Crippen molar-refractivity contribution < 1.29 is 5.11 Å². The third kappa shape index (κ3) is 2.36. The summed E-state index contributed by atoms with van der Waals surface area (Å²) in [5.74, 6) is 1.30. The Kier molecular flexibility index (Phi) is 3.73. The molecule has 3 aromatic rings. The van der Waals surface area contributed by atoms with Crippen molar-refractivity contribution in [3.8, 4) is 6.07 Å². The van der Waals surface area contributed by atoms with Crippen LogP contribution in [0.3, 0.4) is 0 Å². The predicted molar refractivity (Wildman–Crippen MR) is 91.2 cm³/mol. The summed E-state index contributed by atoms with van der Waals surface area (Å²) in [6, 6.07) is 4.60. The fraction of sp³-hybridized carbons (Fsp3) is 0.500. The van der Waals surface area contributed by atoms with Crippen LogP contribution in [0.15, 0.2) is 18.5 Å². The van der Waals surface area contributed by atoms with Gasteiger partial charge in [-0.1, -0.05) is 0 Å². The third-order valence-electron chi connectivity index (χ3n) is 5.18. The van der Waals surface area contributed by atoms with E-state index in [0.717, 1.165) is 47.8 Å². The van der Waals surface area contributed by atoms with Crippen LogP contribution in [0.25, 0.3) is 22.1 Å². The lowest BCUT2D eigenvalue weighted by Crippen LogP contribution is -2.12. The van der Waals surface area contributed by atoms with E-state index in [-0.39, 0.29) is 0 Å². The van der Waals surface area contributed by atoms with E-state index in [1.807, 2.05) is 12.3 Å². The summed E-state index contributed by atoms with van der Waals surface area (Å²) in [5, 5.41) is 20.1. The molecule has 6 nitrogen and oxygen atoms in total. The van der Waals surface area contributed by atoms with Gasteiger partial charge in [-0.3, -0.25) is 0 Å². The molecule has 3 unspecified atom stereocenters. The summed E-state index contributed by atoms with van der Waals surface area (Å²) in [6.07, 6.45) is 7.87. The lowest BCUT2D eigenvalue weighted by molar-refractivity contribution is 0.181. The van der Waals surface area contributed by atoms with Gasteiger partial charge in [0.15, 0.2) is 0 Å². The highest BCUT2D eigenvalue weighted by Gasteiger charge is 2.30. The van der Waals surface area contributed by atoms with E-state index < -0.39 is 6.10 Å². The van der Waals surface area contributed by atoms with E-state index in [0.29, 0.717) is 24.2 Å². The number of imidazole rings is 1. The average Bonchev–Trinajstić information content (AvgIpc) is 3.28. The molecule has 3 atom stereocenters. The zero-order valence-corrected chi connectivity index (χ0v) is 13.7. The minimum atomic E-state index is -0.621. The first-order valence-corrected chi connectivity index (χ1v) is 8.58. The Balaban J connectivity index is 1.82. The first-order chi connectivity index (χ1) is 11.7. The normalized spacial score (nSPS) is 22.2. The molecule has 0 spiro atoms. The topological polar surface area (TPSA) is 90.5 Å². The van der Waals surface area contributed by atoms with Crippen LogP contribution >= 0.6 is 0 Å². The lowest BCUT2D eigenvalue weighted by atomic mass is 10.0. The maximum Gasteiger partial charge on any atom is 0.139 e. The Labute approximate surface area is 140 Å². The molecule has 4 rings (SSSR count). The van der Waals surface area contributed by atoms with Crippen LogP contribution in [0, 0.1) is 17.2 Å². The van der Waals surface area contributed by atoms with Gasteiger partial charge >= 0.3 is 0 Å². The average molecular weight is 323 g/mol. The minimum absolute atomic E-state index is 0.323. The number of pyridine rings is 1. The Morgan fingerprint density at radius 1 is 1.50 bits per heavy atom. The summed E-state index contributed by atoms with van der Waals surface area (Å²) in [5.41, 5.74) is 2.74. The molecule has 124 valence electrons. The molecule has 6 heteroatoms. The second-order valence-electron chi connectivity index (χ2n) is 6.78. The summed E-state index contributed by atoms with van der Waals surface area (Å²) in [7, 11) is 0. The van der Waals surface area contributed by atoms with Gasteiger partial charge in [-0.05, 0) is 44.6 Å². The van der Waals surface area contributed by atoms with E-state index in [9.17, 15) is 5.11 Å². The van der Waals surface area contributed by atoms with E-state index in [1.54, 1.807) is 13.1 Å². The van der Waals surface area contributed by atoms with Crippen molar-refractivity contribution in [1.29, 1.82) is 5.26 Å². The first kappa shape index (κ1) is 15.2. The summed E-state index contributed by atoms with van der Waals surface area (Å²) in [6.45, 7) is 1.77. The quantitative estimate of drug-likeness (QED) is 0.767. The second kappa shape index (κ2) is 5.91. The highest BCUT2D eigenvalue weighted by Crippen LogP contribution is 2.41. The third-order valence-corrected chi connectivity index (χ3v) is 5.18. The molecular weight excluding hydrogens is 302 g/mol. The van der Waals surface area contributed by atoms with Gasteiger partial charge in [-0.15, -0.1) is 0 Å². The Morgan fingerprint density at radius 3 is 3.17 bits per heavy atom. The molecular formula is C18H21N5O. The van der Waals surface area contributed by atoms with Gasteiger partial charge in [-0.25, -0.2) is 9.97 Å². The van der Waals surface area contributed by atoms with Crippen LogP contribution in [0.5, 0.6) is 0 Å². The van der Waals surface area contributed by atoms with Gasteiger partial charge < -0.3 is 14.7 Å². The van der Waals surface area contributed by atoms with Crippen molar-refractivity contribution in [1.82, 2.24) is 19.5 Å². The largest absolute Gasteiger partial charge is 0.385 e. The molecule has 1 aliphatic rings. The molecule has 2 N–H and O–H groups in total. The van der Waals surface area contributed by atoms with E-state index in [2.05, 4.69) is 25.6 Å². The number of fused-ring (bicyclic) bond motifs is 3. The lowest BCUT2D eigenvalue weighted by Gasteiger charge is -2.18. The number of aromatic amines is 1. The van der Waals surface area contributed by atoms with Crippen LogP contribution in [0.4, 0.5) is 0 Å². The van der Waals surface area contributed by atoms with Gasteiger partial charge in [0, 0.05) is 24.0 Å². The van der Waals surface area contributed by atoms with Crippen LogP contribution in [0.2, 0.25) is 0 Å². The van der Waals surface area contributed by atoms with Crippen LogP contribution in [-0.2, 0) is 0 Å². The number of nitrogens with one attached hydrogen (secondary N) is 1. The van der Waals surface area contributed by atoms with Crippen molar-refractivity contribution in [2.45, 2.75) is 51.2 Å². The molecule has 0 radical (unpaired) electrons. The van der Waals surface area contributed by atoms with Gasteiger partial charge in [0.05, 0.1) is 17.8 Å². The van der Waals surface area contributed by atoms with Crippen LogP contribution in [0.1, 0.15) is 57.0 Å². The Morgan fingerprint density at radius 2 is 2.38 bits per heavy atom. The van der Waals surface area contributed by atoms with E-state index in [1.165, 1.54) is 0 Å². The molecule has 0 amide bonds. The molecule has 1 fully saturated rings. The smallest absolute Gasteiger partial charge is 0.139 e. The highest BCUT2D eigenvalue weighted by molar-refractivity contribution is 6.01. The number of hydrogen-bond donors (Lipinski definition) is 2. The second-order valence-corrected chi connectivity index (χ2v) is 6.78. The zero-order valence-electron chi connectivity index (χ0n) is 13.7. The summed E-state index contributed by atoms with van der Waals surface area (Å²) in [4.78, 5) is 12.2. The van der Waals surface area contributed by atoms with Crippen molar-refractivity contribution in [2.24, 2.45) is 5.92 Å². The number of aliphatic hydroxyl groups excluding tert-OH is 1. The highest BCUT2D eigenvalue weighted by atomic mass is 16.3. The molecule has 3 heterocycles. The number of aromatic nitrogens is 4. The molecule has 24 heavy (non-hydrogen) atoms. The molecule has 0 saturated heterocycles. The molecule has 1 aliphatic carbocycles. The maximum atomic E-state index is 10.2. The molecule has 3 aromatic heterocycles.